The second-order valence-electron chi connectivity index (χ2n) is 16.1. The summed E-state index contributed by atoms with van der Waals surface area (Å²) in [5, 5.41) is 16.5. The Morgan fingerprint density at radius 1 is 0.426 bits per heavy atom. The van der Waals surface area contributed by atoms with Crippen LogP contribution in [-0.2, 0) is 28.6 Å². The monoisotopic (exact) mass is 660 g/mol. The highest BCUT2D eigenvalue weighted by molar-refractivity contribution is 5.69. The van der Waals surface area contributed by atoms with Crippen molar-refractivity contribution in [3.05, 3.63) is 0 Å². The van der Waals surface area contributed by atoms with Crippen molar-refractivity contribution in [2.24, 2.45) is 47.3 Å². The molecule has 0 aliphatic carbocycles. The van der Waals surface area contributed by atoms with Gasteiger partial charge in [0, 0.05) is 67.6 Å². The molecule has 5 fully saturated rings. The lowest BCUT2D eigenvalue weighted by Crippen LogP contribution is -2.45. The highest BCUT2D eigenvalue weighted by atomic mass is 16.5. The Morgan fingerprint density at radius 2 is 0.660 bits per heavy atom. The maximum absolute atomic E-state index is 12.3. The predicted molar refractivity (Wildman–Crippen MR) is 181 cm³/mol. The fourth-order valence-corrected chi connectivity index (χ4v) is 10.7. The summed E-state index contributed by atoms with van der Waals surface area (Å²) in [6, 6.07) is 2.79. The Labute approximate surface area is 283 Å². The molecule has 0 aromatic carbocycles. The summed E-state index contributed by atoms with van der Waals surface area (Å²) in [5.41, 5.74) is 0. The first-order valence-corrected chi connectivity index (χ1v) is 18.7. The van der Waals surface area contributed by atoms with E-state index >= 15 is 0 Å². The Morgan fingerprint density at radius 3 is 0.957 bits per heavy atom. The summed E-state index contributed by atoms with van der Waals surface area (Å²) in [6.07, 6.45) is 7.94. The third-order valence-electron chi connectivity index (χ3n) is 14.1. The highest BCUT2D eigenvalue weighted by Crippen LogP contribution is 2.44. The SMILES string of the molecule is COC(=O)CCC1C2CC3NC(CC4NC(CC5NC(CC(N2)C1C)C(C)C5CCC(=O)OC)C(CCC(=O)OC)C4C)C(C)C3C. The van der Waals surface area contributed by atoms with Crippen molar-refractivity contribution >= 4 is 17.9 Å². The molecule has 0 saturated carbocycles. The minimum Gasteiger partial charge on any atom is -0.469 e. The predicted octanol–water partition coefficient (Wildman–Crippen LogP) is 3.81. The van der Waals surface area contributed by atoms with E-state index in [1.165, 1.54) is 21.3 Å². The van der Waals surface area contributed by atoms with E-state index < -0.39 is 0 Å². The van der Waals surface area contributed by atoms with E-state index in [9.17, 15) is 14.4 Å². The van der Waals surface area contributed by atoms with E-state index in [2.05, 4.69) is 55.9 Å². The summed E-state index contributed by atoms with van der Waals surface area (Å²) in [4.78, 5) is 36.9. The van der Waals surface area contributed by atoms with Crippen LogP contribution in [0.4, 0.5) is 0 Å². The molecule has 10 heteroatoms. The largest absolute Gasteiger partial charge is 0.469 e. The van der Waals surface area contributed by atoms with Gasteiger partial charge in [0.25, 0.3) is 0 Å². The lowest BCUT2D eigenvalue weighted by molar-refractivity contribution is -0.141. The molecule has 10 nitrogen and oxygen atoms in total. The van der Waals surface area contributed by atoms with Crippen LogP contribution in [-0.4, -0.2) is 87.6 Å². The van der Waals surface area contributed by atoms with Gasteiger partial charge in [-0.3, -0.25) is 14.4 Å². The van der Waals surface area contributed by atoms with E-state index in [1.54, 1.807) is 0 Å². The first-order valence-electron chi connectivity index (χ1n) is 18.7. The quantitative estimate of drug-likeness (QED) is 0.214. The number of hydrogen-bond acceptors (Lipinski definition) is 10. The lowest BCUT2D eigenvalue weighted by Gasteiger charge is -2.28. The van der Waals surface area contributed by atoms with Crippen LogP contribution in [0.1, 0.15) is 98.8 Å². The van der Waals surface area contributed by atoms with E-state index in [4.69, 9.17) is 14.2 Å². The molecular formula is C37H64N4O6. The maximum atomic E-state index is 12.3. The number of esters is 3. The van der Waals surface area contributed by atoms with Gasteiger partial charge in [-0.25, -0.2) is 0 Å². The molecule has 0 radical (unpaired) electrons. The third-order valence-corrected chi connectivity index (χ3v) is 14.1. The second kappa shape index (κ2) is 15.9. The van der Waals surface area contributed by atoms with Gasteiger partial charge < -0.3 is 35.5 Å². The molecule has 0 aromatic heterocycles. The zero-order valence-corrected chi connectivity index (χ0v) is 30.3. The molecule has 5 heterocycles. The van der Waals surface area contributed by atoms with Gasteiger partial charge in [-0.1, -0.05) is 34.6 Å². The normalized spacial score (nSPS) is 44.7. The maximum Gasteiger partial charge on any atom is 0.305 e. The van der Waals surface area contributed by atoms with Gasteiger partial charge in [0.1, 0.15) is 0 Å². The van der Waals surface area contributed by atoms with Gasteiger partial charge in [0.15, 0.2) is 0 Å². The van der Waals surface area contributed by atoms with Crippen molar-refractivity contribution in [2.75, 3.05) is 21.3 Å². The minimum absolute atomic E-state index is 0.122. The van der Waals surface area contributed by atoms with E-state index in [0.29, 0.717) is 103 Å². The molecule has 268 valence electrons. The first kappa shape index (κ1) is 36.5. The topological polar surface area (TPSA) is 127 Å². The smallest absolute Gasteiger partial charge is 0.305 e. The Balaban J connectivity index is 1.44. The van der Waals surface area contributed by atoms with Crippen LogP contribution in [0.5, 0.6) is 0 Å². The number of nitrogens with one attached hydrogen (secondary N) is 4. The zero-order chi connectivity index (χ0) is 34.0. The Kier molecular flexibility index (Phi) is 12.3. The molecule has 16 atom stereocenters. The fourth-order valence-electron chi connectivity index (χ4n) is 10.7. The fraction of sp³-hybridized carbons (Fsp3) is 0.919. The average Bonchev–Trinajstić information content (AvgIpc) is 3.71. The number of carbonyl (C=O) groups excluding carboxylic acids is 3. The molecule has 4 N–H and O–H groups in total. The molecule has 8 bridgehead atoms. The van der Waals surface area contributed by atoms with Gasteiger partial charge >= 0.3 is 17.9 Å². The molecule has 16 unspecified atom stereocenters. The van der Waals surface area contributed by atoms with E-state index in [-0.39, 0.29) is 30.0 Å². The summed E-state index contributed by atoms with van der Waals surface area (Å²) < 4.78 is 15.2. The second-order valence-corrected chi connectivity index (χ2v) is 16.1. The van der Waals surface area contributed by atoms with Crippen molar-refractivity contribution in [1.82, 2.24) is 21.3 Å². The zero-order valence-electron chi connectivity index (χ0n) is 30.3. The van der Waals surface area contributed by atoms with Crippen molar-refractivity contribution < 1.29 is 28.6 Å². The van der Waals surface area contributed by atoms with Gasteiger partial charge in [-0.15, -0.1) is 0 Å². The van der Waals surface area contributed by atoms with Crippen LogP contribution in [0.15, 0.2) is 0 Å². The van der Waals surface area contributed by atoms with Gasteiger partial charge in [0.2, 0.25) is 0 Å². The summed E-state index contributed by atoms with van der Waals surface area (Å²) in [5.74, 6) is 3.14. The van der Waals surface area contributed by atoms with E-state index in [0.717, 1.165) is 44.9 Å². The summed E-state index contributed by atoms with van der Waals surface area (Å²) in [6.45, 7) is 12.0. The molecule has 5 aliphatic rings. The number of rotatable bonds is 9. The van der Waals surface area contributed by atoms with Gasteiger partial charge in [0.05, 0.1) is 21.3 Å². The Bertz CT molecular complexity index is 1090. The van der Waals surface area contributed by atoms with Crippen LogP contribution in [0.25, 0.3) is 0 Å². The number of ether oxygens (including phenoxy) is 3. The molecule has 0 spiro atoms. The lowest BCUT2D eigenvalue weighted by atomic mass is 9.76. The average molecular weight is 661 g/mol. The van der Waals surface area contributed by atoms with Crippen molar-refractivity contribution in [2.45, 2.75) is 147 Å². The first-order chi connectivity index (χ1) is 22.4. The number of hydrogen-bond donors (Lipinski definition) is 4. The molecule has 5 rings (SSSR count). The van der Waals surface area contributed by atoms with Gasteiger partial charge in [-0.2, -0.15) is 0 Å². The van der Waals surface area contributed by atoms with Crippen molar-refractivity contribution in [1.29, 1.82) is 0 Å². The van der Waals surface area contributed by atoms with Gasteiger partial charge in [-0.05, 0) is 92.3 Å². The van der Waals surface area contributed by atoms with Crippen LogP contribution in [0.3, 0.4) is 0 Å². The molecule has 0 aromatic rings. The van der Waals surface area contributed by atoms with Crippen molar-refractivity contribution in [3.63, 3.8) is 0 Å². The van der Waals surface area contributed by atoms with Crippen LogP contribution < -0.4 is 21.3 Å². The molecule has 5 aliphatic heterocycles. The molecule has 0 amide bonds. The minimum atomic E-state index is -0.144. The Hall–Kier alpha value is -1.75. The highest BCUT2D eigenvalue weighted by Gasteiger charge is 2.51. The number of fused-ring (bicyclic) bond motifs is 8. The summed E-state index contributed by atoms with van der Waals surface area (Å²) in [7, 11) is 4.45. The van der Waals surface area contributed by atoms with Crippen LogP contribution in [0.2, 0.25) is 0 Å². The van der Waals surface area contributed by atoms with Crippen LogP contribution in [0, 0.1) is 47.3 Å². The van der Waals surface area contributed by atoms with Crippen LogP contribution >= 0.6 is 0 Å². The van der Waals surface area contributed by atoms with E-state index in [1.807, 2.05) is 0 Å². The molecular weight excluding hydrogens is 596 g/mol. The number of carbonyl (C=O) groups is 3. The number of methoxy groups -OCH3 is 3. The summed E-state index contributed by atoms with van der Waals surface area (Å²) >= 11 is 0. The molecule has 5 saturated heterocycles. The van der Waals surface area contributed by atoms with Crippen molar-refractivity contribution in [3.8, 4) is 0 Å². The standard InChI is InChI=1S/C37H64N4O6/c1-19-20(2)28-17-32-24(9-12-35(42)45-6)21(3)30(39-32)16-31-23(5)26(11-14-37(44)47-8)34(41-31)18-33-25(10-13-36(43)46-7)22(4)29(40-33)15-27(19)38-28/h19-34,38-41H,9-18H2,1-8H3. The third kappa shape index (κ3) is 8.02. The molecule has 47 heavy (non-hydrogen) atoms.